The van der Waals surface area contributed by atoms with Crippen LogP contribution in [0.3, 0.4) is 0 Å². The molecule has 0 saturated heterocycles. The predicted molar refractivity (Wildman–Crippen MR) is 87.2 cm³/mol. The van der Waals surface area contributed by atoms with E-state index in [0.29, 0.717) is 24.7 Å². The van der Waals surface area contributed by atoms with Gasteiger partial charge in [0.2, 0.25) is 11.6 Å². The SMILES string of the molecule is CCOc1ccc(C(=O)C(=O)c2ccc(OCC)cc2O)c(O)c1. The topological polar surface area (TPSA) is 93.1 Å². The molecule has 6 heteroatoms. The number of carbonyl (C=O) groups excluding carboxylic acids is 2. The number of benzene rings is 2. The molecule has 0 aromatic heterocycles. The molecule has 2 aromatic rings. The monoisotopic (exact) mass is 330 g/mol. The van der Waals surface area contributed by atoms with Crippen LogP contribution in [0.15, 0.2) is 36.4 Å². The highest BCUT2D eigenvalue weighted by molar-refractivity contribution is 6.50. The summed E-state index contributed by atoms with van der Waals surface area (Å²) in [6.45, 7) is 4.39. The first-order valence-corrected chi connectivity index (χ1v) is 7.48. The number of rotatable bonds is 7. The molecule has 0 bridgehead atoms. The van der Waals surface area contributed by atoms with Crippen molar-refractivity contribution in [3.05, 3.63) is 47.5 Å². The summed E-state index contributed by atoms with van der Waals surface area (Å²) < 4.78 is 10.4. The fourth-order valence-corrected chi connectivity index (χ4v) is 2.16. The highest BCUT2D eigenvalue weighted by Gasteiger charge is 2.24. The van der Waals surface area contributed by atoms with Crippen LogP contribution in [0.1, 0.15) is 34.6 Å². The normalized spacial score (nSPS) is 10.2. The van der Waals surface area contributed by atoms with Gasteiger partial charge in [-0.3, -0.25) is 9.59 Å². The van der Waals surface area contributed by atoms with E-state index in [1.807, 2.05) is 0 Å². The summed E-state index contributed by atoms with van der Waals surface area (Å²) in [5.41, 5.74) is -0.312. The maximum atomic E-state index is 12.3. The summed E-state index contributed by atoms with van der Waals surface area (Å²) in [5, 5.41) is 19.9. The summed E-state index contributed by atoms with van der Waals surface area (Å²) in [6.07, 6.45) is 0. The van der Waals surface area contributed by atoms with Gasteiger partial charge in [0.1, 0.15) is 23.0 Å². The van der Waals surface area contributed by atoms with Crippen molar-refractivity contribution in [2.75, 3.05) is 13.2 Å². The quantitative estimate of drug-likeness (QED) is 0.599. The molecule has 126 valence electrons. The van der Waals surface area contributed by atoms with Crippen molar-refractivity contribution in [1.29, 1.82) is 0 Å². The maximum Gasteiger partial charge on any atom is 0.237 e. The lowest BCUT2D eigenvalue weighted by Crippen LogP contribution is -2.15. The lowest BCUT2D eigenvalue weighted by Gasteiger charge is -2.09. The number of hydrogen-bond acceptors (Lipinski definition) is 6. The molecule has 0 aliphatic heterocycles. The average Bonchev–Trinajstić information content (AvgIpc) is 2.54. The molecule has 0 amide bonds. The number of ether oxygens (including phenoxy) is 2. The zero-order valence-electron chi connectivity index (χ0n) is 13.4. The van der Waals surface area contributed by atoms with Gasteiger partial charge in [0, 0.05) is 12.1 Å². The number of aromatic hydroxyl groups is 2. The summed E-state index contributed by atoms with van der Waals surface area (Å²) in [5.74, 6) is -1.77. The maximum absolute atomic E-state index is 12.3. The fraction of sp³-hybridized carbons (Fsp3) is 0.222. The van der Waals surface area contributed by atoms with Crippen LogP contribution in [0.25, 0.3) is 0 Å². The Kier molecular flexibility index (Phi) is 5.42. The smallest absolute Gasteiger partial charge is 0.237 e. The summed E-state index contributed by atoms with van der Waals surface area (Å²) in [4.78, 5) is 24.6. The molecule has 2 N–H and O–H groups in total. The van der Waals surface area contributed by atoms with Crippen LogP contribution >= 0.6 is 0 Å². The van der Waals surface area contributed by atoms with E-state index in [-0.39, 0.29) is 22.6 Å². The lowest BCUT2D eigenvalue weighted by atomic mass is 10.00. The molecule has 0 unspecified atom stereocenters. The van der Waals surface area contributed by atoms with Crippen LogP contribution < -0.4 is 9.47 Å². The Balaban J connectivity index is 2.28. The molecule has 0 spiro atoms. The van der Waals surface area contributed by atoms with Gasteiger partial charge in [-0.15, -0.1) is 0 Å². The van der Waals surface area contributed by atoms with Gasteiger partial charge in [0.15, 0.2) is 0 Å². The molecule has 0 saturated carbocycles. The molecule has 0 atom stereocenters. The molecule has 2 aromatic carbocycles. The van der Waals surface area contributed by atoms with Gasteiger partial charge in [0.25, 0.3) is 0 Å². The fourth-order valence-electron chi connectivity index (χ4n) is 2.16. The molecular weight excluding hydrogens is 312 g/mol. The predicted octanol–water partition coefficient (Wildman–Crippen LogP) is 2.96. The van der Waals surface area contributed by atoms with Crippen molar-refractivity contribution in [2.24, 2.45) is 0 Å². The molecule has 24 heavy (non-hydrogen) atoms. The van der Waals surface area contributed by atoms with Gasteiger partial charge in [-0.25, -0.2) is 0 Å². The Morgan fingerprint density at radius 2 is 1.17 bits per heavy atom. The van der Waals surface area contributed by atoms with Gasteiger partial charge in [-0.1, -0.05) is 0 Å². The average molecular weight is 330 g/mol. The molecular formula is C18H18O6. The van der Waals surface area contributed by atoms with Crippen molar-refractivity contribution < 1.29 is 29.3 Å². The molecule has 0 fully saturated rings. The van der Waals surface area contributed by atoms with Gasteiger partial charge >= 0.3 is 0 Å². The Morgan fingerprint density at radius 3 is 1.46 bits per heavy atom. The number of hydrogen-bond donors (Lipinski definition) is 2. The third kappa shape index (κ3) is 3.65. The van der Waals surface area contributed by atoms with E-state index >= 15 is 0 Å². The zero-order valence-corrected chi connectivity index (χ0v) is 13.4. The van der Waals surface area contributed by atoms with Crippen LogP contribution in [0, 0.1) is 0 Å². The summed E-state index contributed by atoms with van der Waals surface area (Å²) in [6, 6.07) is 8.13. The van der Waals surface area contributed by atoms with Crippen LogP contribution in [-0.4, -0.2) is 35.0 Å². The van der Waals surface area contributed by atoms with Crippen molar-refractivity contribution in [3.8, 4) is 23.0 Å². The number of carbonyl (C=O) groups is 2. The Morgan fingerprint density at radius 1 is 0.792 bits per heavy atom. The van der Waals surface area contributed by atoms with Crippen molar-refractivity contribution in [2.45, 2.75) is 13.8 Å². The number of phenols is 2. The second-order valence-corrected chi connectivity index (χ2v) is 4.88. The van der Waals surface area contributed by atoms with E-state index in [0.717, 1.165) is 0 Å². The van der Waals surface area contributed by atoms with E-state index in [1.165, 1.54) is 36.4 Å². The Bertz CT molecular complexity index is 701. The highest BCUT2D eigenvalue weighted by atomic mass is 16.5. The minimum Gasteiger partial charge on any atom is -0.507 e. The van der Waals surface area contributed by atoms with Gasteiger partial charge in [0.05, 0.1) is 24.3 Å². The second-order valence-electron chi connectivity index (χ2n) is 4.88. The van der Waals surface area contributed by atoms with Gasteiger partial charge < -0.3 is 19.7 Å². The third-order valence-electron chi connectivity index (χ3n) is 3.26. The molecule has 2 rings (SSSR count). The minimum atomic E-state index is -0.921. The van der Waals surface area contributed by atoms with Crippen LogP contribution in [0.2, 0.25) is 0 Å². The molecule has 6 nitrogen and oxygen atoms in total. The number of ketones is 2. The minimum absolute atomic E-state index is 0.156. The van der Waals surface area contributed by atoms with Crippen LogP contribution in [0.5, 0.6) is 23.0 Å². The van der Waals surface area contributed by atoms with Crippen molar-refractivity contribution >= 4 is 11.6 Å². The first kappa shape index (κ1) is 17.3. The molecule has 0 radical (unpaired) electrons. The third-order valence-corrected chi connectivity index (χ3v) is 3.26. The second kappa shape index (κ2) is 7.50. The summed E-state index contributed by atoms with van der Waals surface area (Å²) in [7, 11) is 0. The van der Waals surface area contributed by atoms with Gasteiger partial charge in [-0.2, -0.15) is 0 Å². The molecule has 0 aliphatic rings. The standard InChI is InChI=1S/C18H18O6/c1-3-23-11-5-7-13(15(19)9-11)17(21)18(22)14-8-6-12(24-4-2)10-16(14)20/h5-10,19-20H,3-4H2,1-2H3. The first-order chi connectivity index (χ1) is 11.5. The summed E-state index contributed by atoms with van der Waals surface area (Å²) >= 11 is 0. The number of phenolic OH excluding ortho intramolecular Hbond substituents is 2. The van der Waals surface area contributed by atoms with Crippen molar-refractivity contribution in [3.63, 3.8) is 0 Å². The largest absolute Gasteiger partial charge is 0.507 e. The lowest BCUT2D eigenvalue weighted by molar-refractivity contribution is 0.0813. The Hall–Kier alpha value is -3.02. The van der Waals surface area contributed by atoms with E-state index in [2.05, 4.69) is 0 Å². The zero-order chi connectivity index (χ0) is 17.7. The highest BCUT2D eigenvalue weighted by Crippen LogP contribution is 2.28. The van der Waals surface area contributed by atoms with E-state index in [1.54, 1.807) is 13.8 Å². The van der Waals surface area contributed by atoms with Gasteiger partial charge in [-0.05, 0) is 38.1 Å². The van der Waals surface area contributed by atoms with E-state index in [9.17, 15) is 19.8 Å². The number of Topliss-reactive ketones (excluding diaryl/α,β-unsaturated/α-hetero) is 2. The molecule has 0 aliphatic carbocycles. The van der Waals surface area contributed by atoms with E-state index in [4.69, 9.17) is 9.47 Å². The Labute approximate surface area is 139 Å². The van der Waals surface area contributed by atoms with Crippen molar-refractivity contribution in [1.82, 2.24) is 0 Å². The van der Waals surface area contributed by atoms with Crippen LogP contribution in [0.4, 0.5) is 0 Å². The van der Waals surface area contributed by atoms with Crippen LogP contribution in [-0.2, 0) is 0 Å². The first-order valence-electron chi connectivity index (χ1n) is 7.48. The van der Waals surface area contributed by atoms with E-state index < -0.39 is 11.6 Å². The molecule has 0 heterocycles.